The van der Waals surface area contributed by atoms with Gasteiger partial charge in [-0.25, -0.2) is 14.4 Å². The first-order valence-electron chi connectivity index (χ1n) is 8.94. The second kappa shape index (κ2) is 9.20. The van der Waals surface area contributed by atoms with Gasteiger partial charge in [0.1, 0.15) is 0 Å². The summed E-state index contributed by atoms with van der Waals surface area (Å²) in [4.78, 5) is 35.0. The number of alkyl halides is 11. The smallest absolute Gasteiger partial charge is 0.451 e. The molecule has 0 saturated heterocycles. The Balaban J connectivity index is 3.54. The number of carbonyl (C=O) groups is 3. The van der Waals surface area contributed by atoms with Crippen LogP contribution in [0.15, 0.2) is 12.7 Å². The molecular weight excluding hydrogens is 509 g/mol. The molecule has 0 amide bonds. The molecule has 196 valence electrons. The van der Waals surface area contributed by atoms with Crippen LogP contribution in [-0.2, 0) is 28.6 Å². The lowest BCUT2D eigenvalue weighted by molar-refractivity contribution is -0.358. The fourth-order valence-electron chi connectivity index (χ4n) is 2.60. The Kier molecular flexibility index (Phi) is 7.96. The minimum absolute atomic E-state index is 0.0959. The zero-order valence-corrected chi connectivity index (χ0v) is 16.8. The number of carbonyl (C=O) groups excluding carboxylic acids is 3. The summed E-state index contributed by atoms with van der Waals surface area (Å²) in [6, 6.07) is 0. The fraction of sp³-hybridized carbons (Fsp3) is 0.706. The van der Waals surface area contributed by atoms with Gasteiger partial charge in [-0.2, -0.15) is 48.3 Å². The van der Waals surface area contributed by atoms with E-state index in [1.807, 2.05) is 0 Å². The summed E-state index contributed by atoms with van der Waals surface area (Å²) >= 11 is 0. The highest BCUT2D eigenvalue weighted by molar-refractivity contribution is 5.83. The molecule has 0 radical (unpaired) electrons. The third-order valence-corrected chi connectivity index (χ3v) is 4.50. The molecule has 1 saturated carbocycles. The van der Waals surface area contributed by atoms with Gasteiger partial charge in [0.25, 0.3) is 5.79 Å². The van der Waals surface area contributed by atoms with Gasteiger partial charge in [-0.3, -0.25) is 0 Å². The van der Waals surface area contributed by atoms with Gasteiger partial charge in [0.05, 0.1) is 0 Å². The first-order chi connectivity index (χ1) is 15.1. The van der Waals surface area contributed by atoms with Crippen molar-refractivity contribution in [2.75, 3.05) is 0 Å². The molecule has 1 aliphatic rings. The van der Waals surface area contributed by atoms with Crippen molar-refractivity contribution in [3.63, 3.8) is 0 Å². The highest BCUT2D eigenvalue weighted by Gasteiger charge is 2.78. The first kappa shape index (κ1) is 29.4. The summed E-state index contributed by atoms with van der Waals surface area (Å²) < 4.78 is 157. The summed E-state index contributed by atoms with van der Waals surface area (Å²) in [7, 11) is 0. The summed E-state index contributed by atoms with van der Waals surface area (Å²) in [6.45, 7) is 2.44. The van der Waals surface area contributed by atoms with Gasteiger partial charge >= 0.3 is 47.8 Å². The molecule has 0 aromatic carbocycles. The molecule has 0 N–H and O–H groups in total. The Hall–Kier alpha value is -2.62. The summed E-state index contributed by atoms with van der Waals surface area (Å²) in [6.07, 6.45) is -11.4. The Morgan fingerprint density at radius 1 is 0.853 bits per heavy atom. The monoisotopic (exact) mass is 524 g/mol. The normalized spacial score (nSPS) is 22.5. The molecule has 17 heteroatoms. The van der Waals surface area contributed by atoms with Gasteiger partial charge in [-0.15, -0.1) is 0 Å². The molecule has 1 aliphatic carbocycles. The third kappa shape index (κ3) is 5.37. The van der Waals surface area contributed by atoms with Crippen LogP contribution in [0.1, 0.15) is 32.6 Å². The second-order valence-electron chi connectivity index (χ2n) is 7.08. The zero-order chi connectivity index (χ0) is 27.0. The van der Waals surface area contributed by atoms with E-state index in [9.17, 15) is 62.7 Å². The topological polar surface area (TPSA) is 78.9 Å². The largest absolute Gasteiger partial charge is 0.460 e. The summed E-state index contributed by atoms with van der Waals surface area (Å²) in [5, 5.41) is 0. The molecule has 1 rings (SSSR count). The van der Waals surface area contributed by atoms with E-state index in [1.54, 1.807) is 0 Å². The highest BCUT2D eigenvalue weighted by Crippen LogP contribution is 2.49. The SMILES string of the molecule is C=CC(=O)OC1CCCCC1(OC(=O)C(F)(F)C(C)(F)F)OC(=O)C(F)(F)C(F)(F)C(F)(F)F. The van der Waals surface area contributed by atoms with E-state index in [2.05, 4.69) is 20.8 Å². The molecule has 0 heterocycles. The van der Waals surface area contributed by atoms with E-state index in [-0.39, 0.29) is 6.42 Å². The van der Waals surface area contributed by atoms with Gasteiger partial charge in [0, 0.05) is 19.4 Å². The van der Waals surface area contributed by atoms with Gasteiger partial charge in [0.15, 0.2) is 6.10 Å². The molecule has 34 heavy (non-hydrogen) atoms. The van der Waals surface area contributed by atoms with E-state index >= 15 is 0 Å². The van der Waals surface area contributed by atoms with Crippen LogP contribution in [-0.4, -0.2) is 59.7 Å². The molecule has 0 aromatic heterocycles. The van der Waals surface area contributed by atoms with Crippen molar-refractivity contribution in [1.82, 2.24) is 0 Å². The van der Waals surface area contributed by atoms with E-state index in [4.69, 9.17) is 0 Å². The number of hydrogen-bond donors (Lipinski definition) is 0. The number of halogens is 11. The second-order valence-corrected chi connectivity index (χ2v) is 7.08. The van der Waals surface area contributed by atoms with Crippen molar-refractivity contribution >= 4 is 17.9 Å². The lowest BCUT2D eigenvalue weighted by Crippen LogP contribution is -2.62. The van der Waals surface area contributed by atoms with Crippen LogP contribution in [0, 0.1) is 0 Å². The van der Waals surface area contributed by atoms with Crippen molar-refractivity contribution in [1.29, 1.82) is 0 Å². The first-order valence-corrected chi connectivity index (χ1v) is 8.94. The van der Waals surface area contributed by atoms with Gasteiger partial charge < -0.3 is 14.2 Å². The Labute approximate surface area is 183 Å². The van der Waals surface area contributed by atoms with Crippen molar-refractivity contribution in [2.24, 2.45) is 0 Å². The quantitative estimate of drug-likeness (QED) is 0.201. The van der Waals surface area contributed by atoms with Crippen LogP contribution < -0.4 is 0 Å². The highest BCUT2D eigenvalue weighted by atomic mass is 19.4. The Bertz CT molecular complexity index is 818. The molecule has 6 nitrogen and oxygen atoms in total. The molecule has 0 spiro atoms. The van der Waals surface area contributed by atoms with Crippen molar-refractivity contribution < 1.29 is 76.9 Å². The zero-order valence-electron chi connectivity index (χ0n) is 16.8. The molecule has 2 atom stereocenters. The summed E-state index contributed by atoms with van der Waals surface area (Å²) in [5.41, 5.74) is 0. The molecule has 0 bridgehead atoms. The van der Waals surface area contributed by atoms with Crippen LogP contribution in [0.3, 0.4) is 0 Å². The number of esters is 3. The molecule has 1 fully saturated rings. The van der Waals surface area contributed by atoms with E-state index < -0.39 is 85.9 Å². The fourth-order valence-corrected chi connectivity index (χ4v) is 2.60. The number of ether oxygens (including phenoxy) is 3. The molecular formula is C17H15F11O6. The number of rotatable bonds is 8. The van der Waals surface area contributed by atoms with E-state index in [1.165, 1.54) is 0 Å². The van der Waals surface area contributed by atoms with Crippen LogP contribution in [0.4, 0.5) is 48.3 Å². The average Bonchev–Trinajstić information content (AvgIpc) is 2.67. The van der Waals surface area contributed by atoms with Crippen molar-refractivity contribution in [3.8, 4) is 0 Å². The third-order valence-electron chi connectivity index (χ3n) is 4.50. The molecule has 2 unspecified atom stereocenters. The molecule has 0 aliphatic heterocycles. The minimum Gasteiger partial charge on any atom is -0.451 e. The standard InChI is InChI=1S/C17H15F11O6/c1-3-9(29)32-8-6-4-5-7-13(8,33-10(30)14(20,21)12(2,18)19)34-11(31)15(22,23)16(24,25)17(26,27)28/h3,8H,1,4-7H2,2H3. The maximum Gasteiger partial charge on any atom is 0.460 e. The number of hydrogen-bond acceptors (Lipinski definition) is 6. The summed E-state index contributed by atoms with van der Waals surface area (Å²) in [5.74, 6) is -36.8. The lowest BCUT2D eigenvalue weighted by Gasteiger charge is -2.42. The Morgan fingerprint density at radius 3 is 1.74 bits per heavy atom. The van der Waals surface area contributed by atoms with Crippen molar-refractivity contribution in [2.45, 2.75) is 74.4 Å². The lowest BCUT2D eigenvalue weighted by atomic mass is 9.90. The van der Waals surface area contributed by atoms with Crippen LogP contribution in [0.25, 0.3) is 0 Å². The van der Waals surface area contributed by atoms with Crippen molar-refractivity contribution in [3.05, 3.63) is 12.7 Å². The predicted octanol–water partition coefficient (Wildman–Crippen LogP) is 4.56. The van der Waals surface area contributed by atoms with Crippen LogP contribution >= 0.6 is 0 Å². The van der Waals surface area contributed by atoms with E-state index in [0.29, 0.717) is 6.08 Å². The van der Waals surface area contributed by atoms with Gasteiger partial charge in [-0.05, 0) is 19.3 Å². The maximum absolute atomic E-state index is 13.8. The van der Waals surface area contributed by atoms with Crippen LogP contribution in [0.5, 0.6) is 0 Å². The molecule has 0 aromatic rings. The van der Waals surface area contributed by atoms with Crippen LogP contribution in [0.2, 0.25) is 0 Å². The average molecular weight is 524 g/mol. The maximum atomic E-state index is 13.8. The van der Waals surface area contributed by atoms with Gasteiger partial charge in [-0.1, -0.05) is 6.58 Å². The minimum atomic E-state index is -7.06. The predicted molar refractivity (Wildman–Crippen MR) is 85.0 cm³/mol. The van der Waals surface area contributed by atoms with Gasteiger partial charge in [0.2, 0.25) is 0 Å². The Morgan fingerprint density at radius 2 is 1.32 bits per heavy atom. The van der Waals surface area contributed by atoms with E-state index in [0.717, 1.165) is 0 Å².